The van der Waals surface area contributed by atoms with Crippen molar-refractivity contribution in [3.05, 3.63) is 91.8 Å². The van der Waals surface area contributed by atoms with Crippen molar-refractivity contribution in [2.24, 2.45) is 4.99 Å². The highest BCUT2D eigenvalue weighted by Crippen LogP contribution is 2.26. The van der Waals surface area contributed by atoms with Gasteiger partial charge < -0.3 is 0 Å². The van der Waals surface area contributed by atoms with Crippen LogP contribution in [0.15, 0.2) is 68.9 Å². The molecule has 1 heterocycles. The maximum atomic E-state index is 13.1. The van der Waals surface area contributed by atoms with E-state index in [4.69, 9.17) is 0 Å². The fourth-order valence-electron chi connectivity index (χ4n) is 3.35. The molecule has 5 heteroatoms. The molecule has 0 saturated heterocycles. The molecule has 0 aliphatic carbocycles. The smallest absolute Gasteiger partial charge is 0.280 e. The molecule has 140 valence electrons. The summed E-state index contributed by atoms with van der Waals surface area (Å²) in [6, 6.07) is 18.0. The lowest BCUT2D eigenvalue weighted by Gasteiger charge is -2.10. The summed E-state index contributed by atoms with van der Waals surface area (Å²) in [5.74, 6) is 0. The van der Waals surface area contributed by atoms with Crippen LogP contribution in [-0.2, 0) is 0 Å². The highest BCUT2D eigenvalue weighted by atomic mass is 79.9. The third-order valence-electron chi connectivity index (χ3n) is 5.15. The van der Waals surface area contributed by atoms with Crippen LogP contribution in [0.5, 0.6) is 0 Å². The first-order valence-corrected chi connectivity index (χ1v) is 9.86. The third-order valence-corrected chi connectivity index (χ3v) is 6.01. The van der Waals surface area contributed by atoms with Crippen molar-refractivity contribution in [1.82, 2.24) is 9.78 Å². The third kappa shape index (κ3) is 3.12. The molecule has 4 nitrogen and oxygen atoms in total. The molecule has 1 N–H and O–H groups in total. The summed E-state index contributed by atoms with van der Waals surface area (Å²) < 4.78 is 2.62. The number of halogens is 1. The molecule has 0 aliphatic rings. The Bertz CT molecular complexity index is 1280. The first-order valence-electron chi connectivity index (χ1n) is 9.07. The molecule has 0 aliphatic heterocycles. The van der Waals surface area contributed by atoms with E-state index in [0.717, 1.165) is 43.4 Å². The lowest BCUT2D eigenvalue weighted by Crippen LogP contribution is -2.18. The summed E-state index contributed by atoms with van der Waals surface area (Å²) in [6.45, 7) is 5.94. The van der Waals surface area contributed by atoms with E-state index < -0.39 is 0 Å². The largest absolute Gasteiger partial charge is 0.295 e. The lowest BCUT2D eigenvalue weighted by atomic mass is 10.1. The van der Waals surface area contributed by atoms with Gasteiger partial charge in [-0.3, -0.25) is 14.9 Å². The zero-order valence-electron chi connectivity index (χ0n) is 16.0. The predicted molar refractivity (Wildman–Crippen MR) is 120 cm³/mol. The Labute approximate surface area is 171 Å². The molecule has 0 unspecified atom stereocenters. The van der Waals surface area contributed by atoms with Crippen LogP contribution in [-0.4, -0.2) is 16.0 Å². The molecular weight excluding hydrogens is 414 g/mol. The molecule has 0 bridgehead atoms. The Kier molecular flexibility index (Phi) is 4.77. The van der Waals surface area contributed by atoms with E-state index in [0.29, 0.717) is 5.56 Å². The fourth-order valence-corrected chi connectivity index (χ4v) is 3.78. The lowest BCUT2D eigenvalue weighted by molar-refractivity contribution is 0.827. The molecule has 4 aromatic rings. The van der Waals surface area contributed by atoms with E-state index in [9.17, 15) is 4.79 Å². The minimum absolute atomic E-state index is 0.105. The van der Waals surface area contributed by atoms with Crippen molar-refractivity contribution < 1.29 is 0 Å². The van der Waals surface area contributed by atoms with Crippen LogP contribution in [0.3, 0.4) is 0 Å². The number of benzene rings is 3. The summed E-state index contributed by atoms with van der Waals surface area (Å²) in [7, 11) is 0. The molecule has 28 heavy (non-hydrogen) atoms. The second kappa shape index (κ2) is 7.24. The van der Waals surface area contributed by atoms with Crippen LogP contribution in [0.2, 0.25) is 0 Å². The number of fused-ring (bicyclic) bond motifs is 1. The summed E-state index contributed by atoms with van der Waals surface area (Å²) in [5, 5.41) is 5.38. The number of nitrogens with zero attached hydrogens (tertiary/aromatic N) is 2. The number of aliphatic imine (C=N–C) groups is 1. The van der Waals surface area contributed by atoms with Gasteiger partial charge in [-0.25, -0.2) is 4.68 Å². The Morgan fingerprint density at radius 2 is 1.71 bits per heavy atom. The molecule has 1 aromatic heterocycles. The van der Waals surface area contributed by atoms with Crippen LogP contribution < -0.4 is 5.56 Å². The maximum Gasteiger partial charge on any atom is 0.280 e. The Hall–Kier alpha value is -2.92. The highest BCUT2D eigenvalue weighted by molar-refractivity contribution is 9.10. The standard InChI is InChI=1S/C23H20BrN3O/c1-14-15(2)22(12-11-20(14)24)27-23(28)19(16(3)26-27)13-25-21-10-6-8-17-7-4-5-9-18(17)21/h4-13,26H,1-3H3. The summed E-state index contributed by atoms with van der Waals surface area (Å²) in [5.41, 5.74) is 5.10. The number of aryl methyl sites for hydroxylation is 1. The Balaban J connectivity index is 1.80. The molecule has 0 radical (unpaired) electrons. The molecule has 0 atom stereocenters. The van der Waals surface area contributed by atoms with E-state index in [2.05, 4.69) is 38.2 Å². The zero-order valence-corrected chi connectivity index (χ0v) is 17.5. The maximum absolute atomic E-state index is 13.1. The average molecular weight is 434 g/mol. The summed E-state index contributed by atoms with van der Waals surface area (Å²) in [4.78, 5) is 17.7. The van der Waals surface area contributed by atoms with Gasteiger partial charge in [0.25, 0.3) is 5.56 Å². The van der Waals surface area contributed by atoms with Gasteiger partial charge in [-0.1, -0.05) is 52.3 Å². The molecule has 0 saturated carbocycles. The molecule has 3 aromatic carbocycles. The van der Waals surface area contributed by atoms with Crippen molar-refractivity contribution >= 4 is 38.6 Å². The van der Waals surface area contributed by atoms with Crippen LogP contribution in [0.25, 0.3) is 16.5 Å². The molecule has 0 spiro atoms. The van der Waals surface area contributed by atoms with Gasteiger partial charge in [-0.05, 0) is 55.5 Å². The summed E-state index contributed by atoms with van der Waals surface area (Å²) >= 11 is 3.54. The fraction of sp³-hybridized carbons (Fsp3) is 0.130. The molecule has 0 amide bonds. The van der Waals surface area contributed by atoms with Crippen molar-refractivity contribution in [2.45, 2.75) is 20.8 Å². The monoisotopic (exact) mass is 433 g/mol. The van der Waals surface area contributed by atoms with E-state index in [1.807, 2.05) is 63.2 Å². The number of aromatic nitrogens is 2. The van der Waals surface area contributed by atoms with Crippen LogP contribution in [0.1, 0.15) is 22.4 Å². The summed E-state index contributed by atoms with van der Waals surface area (Å²) in [6.07, 6.45) is 1.66. The number of aromatic amines is 1. The minimum Gasteiger partial charge on any atom is -0.295 e. The number of hydrogen-bond donors (Lipinski definition) is 1. The second-order valence-electron chi connectivity index (χ2n) is 6.86. The normalized spacial score (nSPS) is 11.6. The van der Waals surface area contributed by atoms with Gasteiger partial charge in [0.1, 0.15) is 0 Å². The zero-order chi connectivity index (χ0) is 19.8. The first-order chi connectivity index (χ1) is 13.5. The van der Waals surface area contributed by atoms with Crippen molar-refractivity contribution in [1.29, 1.82) is 0 Å². The van der Waals surface area contributed by atoms with E-state index in [-0.39, 0.29) is 5.56 Å². The SMILES string of the molecule is Cc1[nH]n(-c2ccc(Br)c(C)c2C)c(=O)c1C=Nc1cccc2ccccc12. The van der Waals surface area contributed by atoms with Crippen LogP contribution in [0, 0.1) is 20.8 Å². The number of rotatable bonds is 3. The van der Waals surface area contributed by atoms with Gasteiger partial charge in [0.2, 0.25) is 0 Å². The van der Waals surface area contributed by atoms with Crippen LogP contribution in [0.4, 0.5) is 5.69 Å². The van der Waals surface area contributed by atoms with Crippen molar-refractivity contribution in [3.63, 3.8) is 0 Å². The van der Waals surface area contributed by atoms with Gasteiger partial charge in [0.05, 0.1) is 16.9 Å². The number of nitrogens with one attached hydrogen (secondary N) is 1. The van der Waals surface area contributed by atoms with Gasteiger partial charge >= 0.3 is 0 Å². The van der Waals surface area contributed by atoms with Crippen molar-refractivity contribution in [2.75, 3.05) is 0 Å². The first kappa shape index (κ1) is 18.4. The van der Waals surface area contributed by atoms with Gasteiger partial charge in [-0.2, -0.15) is 0 Å². The minimum atomic E-state index is -0.105. The second-order valence-corrected chi connectivity index (χ2v) is 7.72. The quantitative estimate of drug-likeness (QED) is 0.410. The van der Waals surface area contributed by atoms with E-state index in [1.54, 1.807) is 10.9 Å². The highest BCUT2D eigenvalue weighted by Gasteiger charge is 2.14. The Morgan fingerprint density at radius 3 is 2.54 bits per heavy atom. The van der Waals surface area contributed by atoms with Gasteiger partial charge in [-0.15, -0.1) is 0 Å². The van der Waals surface area contributed by atoms with E-state index in [1.165, 1.54) is 0 Å². The number of H-pyrrole nitrogens is 1. The average Bonchev–Trinajstić information content (AvgIpc) is 2.98. The van der Waals surface area contributed by atoms with Crippen LogP contribution >= 0.6 is 15.9 Å². The Morgan fingerprint density at radius 1 is 0.964 bits per heavy atom. The number of hydrogen-bond acceptors (Lipinski definition) is 2. The molecule has 0 fully saturated rings. The molecular formula is C23H20BrN3O. The predicted octanol–water partition coefficient (Wildman–Crippen LogP) is 5.76. The van der Waals surface area contributed by atoms with Crippen molar-refractivity contribution in [3.8, 4) is 5.69 Å². The topological polar surface area (TPSA) is 50.1 Å². The molecule has 4 rings (SSSR count). The van der Waals surface area contributed by atoms with Gasteiger partial charge in [0, 0.05) is 21.8 Å². The van der Waals surface area contributed by atoms with E-state index >= 15 is 0 Å². The van der Waals surface area contributed by atoms with Gasteiger partial charge in [0.15, 0.2) is 0 Å².